The average Bonchev–Trinajstić information content (AvgIpc) is 3.38. The highest BCUT2D eigenvalue weighted by molar-refractivity contribution is 7.09. The second-order valence-corrected chi connectivity index (χ2v) is 7.28. The van der Waals surface area contributed by atoms with E-state index in [1.165, 1.54) is 23.9 Å². The van der Waals surface area contributed by atoms with Crippen molar-refractivity contribution in [3.63, 3.8) is 0 Å². The molecule has 0 atom stereocenters. The Hall–Kier alpha value is -3.99. The fraction of sp³-hybridized carbons (Fsp3) is 0.100. The number of ether oxygens (including phenoxy) is 1. The van der Waals surface area contributed by atoms with Gasteiger partial charge in [0, 0.05) is 23.8 Å². The van der Waals surface area contributed by atoms with E-state index in [9.17, 15) is 4.39 Å². The van der Waals surface area contributed by atoms with Crippen molar-refractivity contribution in [2.45, 2.75) is 13.8 Å². The number of anilines is 2. The summed E-state index contributed by atoms with van der Waals surface area (Å²) in [6, 6.07) is 9.72. The van der Waals surface area contributed by atoms with Gasteiger partial charge in [-0.1, -0.05) is 11.2 Å². The van der Waals surface area contributed by atoms with E-state index in [4.69, 9.17) is 9.26 Å². The van der Waals surface area contributed by atoms with E-state index >= 15 is 0 Å². The van der Waals surface area contributed by atoms with Crippen molar-refractivity contribution in [2.24, 2.45) is 0 Å². The number of halogens is 1. The predicted octanol–water partition coefficient (Wildman–Crippen LogP) is 4.82. The number of fused-ring (bicyclic) bond motifs is 1. The molecule has 0 aliphatic rings. The minimum atomic E-state index is -0.549. The highest BCUT2D eigenvalue weighted by atomic mass is 32.1. The number of aromatic nitrogens is 6. The van der Waals surface area contributed by atoms with Crippen LogP contribution in [-0.2, 0) is 0 Å². The molecule has 2 aromatic carbocycles. The quantitative estimate of drug-likeness (QED) is 0.415. The highest BCUT2D eigenvalue weighted by Gasteiger charge is 2.18. The lowest BCUT2D eigenvalue weighted by molar-refractivity contribution is 0.393. The Morgan fingerprint density at radius 3 is 2.77 bits per heavy atom. The monoisotopic (exact) mass is 435 g/mol. The predicted molar refractivity (Wildman–Crippen MR) is 112 cm³/mol. The van der Waals surface area contributed by atoms with Gasteiger partial charge >= 0.3 is 0 Å². The van der Waals surface area contributed by atoms with Crippen molar-refractivity contribution in [3.05, 3.63) is 60.3 Å². The summed E-state index contributed by atoms with van der Waals surface area (Å²) in [5.41, 5.74) is 1.07. The molecule has 0 unspecified atom stereocenters. The number of rotatable bonds is 5. The Labute approximate surface area is 179 Å². The molecule has 154 valence electrons. The molecule has 0 saturated carbocycles. The van der Waals surface area contributed by atoms with Crippen molar-refractivity contribution in [3.8, 4) is 22.9 Å². The van der Waals surface area contributed by atoms with Gasteiger partial charge in [0.1, 0.15) is 23.7 Å². The van der Waals surface area contributed by atoms with Crippen LogP contribution in [0.1, 0.15) is 11.7 Å². The lowest BCUT2D eigenvalue weighted by atomic mass is 10.1. The normalized spacial score (nSPS) is 11.1. The zero-order valence-corrected chi connectivity index (χ0v) is 17.1. The van der Waals surface area contributed by atoms with Gasteiger partial charge in [0.15, 0.2) is 11.6 Å². The van der Waals surface area contributed by atoms with Crippen LogP contribution >= 0.6 is 11.5 Å². The molecule has 0 radical (unpaired) electrons. The Morgan fingerprint density at radius 2 is 2.00 bits per heavy atom. The fourth-order valence-corrected chi connectivity index (χ4v) is 3.54. The summed E-state index contributed by atoms with van der Waals surface area (Å²) in [6.07, 6.45) is 1.45. The zero-order chi connectivity index (χ0) is 21.4. The number of nitrogens with zero attached hydrogens (tertiary/aromatic N) is 6. The van der Waals surface area contributed by atoms with E-state index in [0.717, 1.165) is 0 Å². The first-order valence-electron chi connectivity index (χ1n) is 9.16. The van der Waals surface area contributed by atoms with Crippen molar-refractivity contribution >= 4 is 33.4 Å². The van der Waals surface area contributed by atoms with E-state index in [1.807, 2.05) is 6.92 Å². The summed E-state index contributed by atoms with van der Waals surface area (Å²) < 4.78 is 29.7. The number of nitrogens with one attached hydrogen (secondary N) is 1. The Kier molecular flexibility index (Phi) is 4.71. The van der Waals surface area contributed by atoms with Crippen LogP contribution in [0.15, 0.2) is 47.2 Å². The molecule has 0 spiro atoms. The van der Waals surface area contributed by atoms with Crippen LogP contribution in [0.3, 0.4) is 0 Å². The lowest BCUT2D eigenvalue weighted by Crippen LogP contribution is -1.97. The third kappa shape index (κ3) is 3.78. The van der Waals surface area contributed by atoms with E-state index in [1.54, 1.807) is 37.3 Å². The summed E-state index contributed by atoms with van der Waals surface area (Å²) in [4.78, 5) is 17.0. The SMILES string of the molecule is Cc1nsc(Nc2ncnc3ccc(Oc4c(F)cccc4-c4noc(C)n4)cc23)n1. The third-order valence-corrected chi connectivity index (χ3v) is 5.04. The first kappa shape index (κ1) is 19.0. The molecule has 0 bridgehead atoms. The largest absolute Gasteiger partial charge is 0.453 e. The van der Waals surface area contributed by atoms with Crippen LogP contribution in [0.25, 0.3) is 22.3 Å². The van der Waals surface area contributed by atoms with E-state index in [-0.39, 0.29) is 11.6 Å². The van der Waals surface area contributed by atoms with Crippen LogP contribution in [0, 0.1) is 19.7 Å². The van der Waals surface area contributed by atoms with Crippen molar-refractivity contribution in [1.82, 2.24) is 29.5 Å². The summed E-state index contributed by atoms with van der Waals surface area (Å²) in [7, 11) is 0. The number of benzene rings is 2. The van der Waals surface area contributed by atoms with Gasteiger partial charge in [0.25, 0.3) is 0 Å². The molecular weight excluding hydrogens is 421 g/mol. The van der Waals surface area contributed by atoms with Gasteiger partial charge in [-0.3, -0.25) is 0 Å². The second kappa shape index (κ2) is 7.69. The lowest BCUT2D eigenvalue weighted by Gasteiger charge is -2.12. The van der Waals surface area contributed by atoms with Crippen LogP contribution in [0.4, 0.5) is 15.3 Å². The van der Waals surface area contributed by atoms with Gasteiger partial charge in [-0.15, -0.1) is 0 Å². The van der Waals surface area contributed by atoms with Gasteiger partial charge in [-0.25, -0.2) is 19.3 Å². The fourth-order valence-electron chi connectivity index (χ4n) is 2.96. The first-order valence-corrected chi connectivity index (χ1v) is 9.93. The molecule has 0 amide bonds. The zero-order valence-electron chi connectivity index (χ0n) is 16.3. The second-order valence-electron chi connectivity index (χ2n) is 6.53. The van der Waals surface area contributed by atoms with E-state index in [2.05, 4.69) is 34.8 Å². The molecule has 0 aliphatic heterocycles. The molecule has 11 heteroatoms. The van der Waals surface area contributed by atoms with Crippen LogP contribution in [0.5, 0.6) is 11.5 Å². The number of hydrogen-bond acceptors (Lipinski definition) is 10. The van der Waals surface area contributed by atoms with Gasteiger partial charge < -0.3 is 14.6 Å². The molecule has 5 aromatic rings. The molecule has 3 aromatic heterocycles. The molecule has 1 N–H and O–H groups in total. The number of hydrogen-bond donors (Lipinski definition) is 1. The summed E-state index contributed by atoms with van der Waals surface area (Å²) in [5.74, 6) is 1.65. The van der Waals surface area contributed by atoms with Gasteiger partial charge in [0.2, 0.25) is 16.8 Å². The topological polar surface area (TPSA) is 112 Å². The summed E-state index contributed by atoms with van der Waals surface area (Å²) in [5, 5.41) is 8.30. The Balaban J connectivity index is 1.54. The van der Waals surface area contributed by atoms with Crippen LogP contribution in [0.2, 0.25) is 0 Å². The summed E-state index contributed by atoms with van der Waals surface area (Å²) in [6.45, 7) is 3.47. The van der Waals surface area contributed by atoms with Crippen LogP contribution < -0.4 is 10.1 Å². The molecule has 31 heavy (non-hydrogen) atoms. The molecule has 5 rings (SSSR count). The summed E-state index contributed by atoms with van der Waals surface area (Å²) >= 11 is 1.23. The maximum Gasteiger partial charge on any atom is 0.223 e. The molecule has 0 fully saturated rings. The van der Waals surface area contributed by atoms with Crippen molar-refractivity contribution in [2.75, 3.05) is 5.32 Å². The Bertz CT molecular complexity index is 1400. The van der Waals surface area contributed by atoms with E-state index < -0.39 is 5.82 Å². The average molecular weight is 435 g/mol. The number of aryl methyl sites for hydroxylation is 2. The smallest absolute Gasteiger partial charge is 0.223 e. The third-order valence-electron chi connectivity index (χ3n) is 4.32. The molecule has 3 heterocycles. The van der Waals surface area contributed by atoms with Crippen molar-refractivity contribution < 1.29 is 13.7 Å². The van der Waals surface area contributed by atoms with Crippen LogP contribution in [-0.4, -0.2) is 29.5 Å². The van der Waals surface area contributed by atoms with E-state index in [0.29, 0.717) is 44.9 Å². The standard InChI is InChI=1S/C20H14FN7O2S/c1-10-24-20(31-28-10)26-18-14-8-12(6-7-16(14)22-9-23-18)29-17-13(4-3-5-15(17)21)19-25-11(2)30-27-19/h3-9H,1-2H3,(H,22,23,24,26,28). The van der Waals surface area contributed by atoms with Gasteiger partial charge in [-0.05, 0) is 37.3 Å². The highest BCUT2D eigenvalue weighted by Crippen LogP contribution is 2.36. The number of para-hydroxylation sites is 1. The first-order chi connectivity index (χ1) is 15.1. The maximum absolute atomic E-state index is 14.6. The minimum Gasteiger partial charge on any atom is -0.453 e. The molecular formula is C20H14FN7O2S. The maximum atomic E-state index is 14.6. The molecule has 9 nitrogen and oxygen atoms in total. The molecule has 0 saturated heterocycles. The van der Waals surface area contributed by atoms with Gasteiger partial charge in [-0.2, -0.15) is 9.36 Å². The Morgan fingerprint density at radius 1 is 1.10 bits per heavy atom. The van der Waals surface area contributed by atoms with Gasteiger partial charge in [0.05, 0.1) is 11.1 Å². The minimum absolute atomic E-state index is 0.00578. The van der Waals surface area contributed by atoms with Crippen molar-refractivity contribution in [1.29, 1.82) is 0 Å². The molecule has 0 aliphatic carbocycles.